The molecule has 1 aliphatic heterocycles. The molecule has 6 heteroatoms. The van der Waals surface area contributed by atoms with Crippen molar-refractivity contribution in [1.82, 2.24) is 4.57 Å². The number of aryl methyl sites for hydroxylation is 1. The van der Waals surface area contributed by atoms with Crippen molar-refractivity contribution in [3.63, 3.8) is 0 Å². The van der Waals surface area contributed by atoms with Crippen LogP contribution in [0.5, 0.6) is 11.5 Å². The summed E-state index contributed by atoms with van der Waals surface area (Å²) >= 11 is 0. The Bertz CT molecular complexity index is 1250. The molecule has 0 spiro atoms. The predicted octanol–water partition coefficient (Wildman–Crippen LogP) is 3.32. The average molecular weight is 385 g/mol. The van der Waals surface area contributed by atoms with Crippen LogP contribution >= 0.6 is 0 Å². The summed E-state index contributed by atoms with van der Waals surface area (Å²) in [5, 5.41) is 10.5. The van der Waals surface area contributed by atoms with E-state index in [4.69, 9.17) is 15.2 Å². The van der Waals surface area contributed by atoms with Crippen LogP contribution in [0.25, 0.3) is 10.9 Å². The van der Waals surface area contributed by atoms with E-state index in [9.17, 15) is 10.1 Å². The molecular weight excluding hydrogens is 366 g/mol. The van der Waals surface area contributed by atoms with Crippen molar-refractivity contribution in [2.45, 2.75) is 5.92 Å². The van der Waals surface area contributed by atoms with E-state index >= 15 is 0 Å². The van der Waals surface area contributed by atoms with Crippen molar-refractivity contribution >= 4 is 10.9 Å². The maximum Gasteiger partial charge on any atom is 0.258 e. The van der Waals surface area contributed by atoms with Gasteiger partial charge in [0, 0.05) is 12.4 Å². The van der Waals surface area contributed by atoms with Gasteiger partial charge in [0.1, 0.15) is 29.7 Å². The number of nitrogens with zero attached hydrogens (tertiary/aromatic N) is 2. The third-order valence-electron chi connectivity index (χ3n) is 5.05. The number of nitriles is 1. The Hall–Kier alpha value is -3.98. The molecule has 2 aromatic carbocycles. The molecule has 0 amide bonds. The van der Waals surface area contributed by atoms with Gasteiger partial charge in [-0.1, -0.05) is 36.9 Å². The second-order valence-electron chi connectivity index (χ2n) is 6.72. The van der Waals surface area contributed by atoms with Crippen molar-refractivity contribution in [2.24, 2.45) is 12.8 Å². The van der Waals surface area contributed by atoms with Crippen LogP contribution in [-0.4, -0.2) is 11.2 Å². The lowest BCUT2D eigenvalue weighted by Gasteiger charge is -2.27. The Morgan fingerprint density at radius 1 is 1.28 bits per heavy atom. The lowest BCUT2D eigenvalue weighted by molar-refractivity contribution is 0.363. The molecule has 4 rings (SSSR count). The number of aromatic nitrogens is 1. The highest BCUT2D eigenvalue weighted by Gasteiger charge is 2.35. The molecule has 0 unspecified atom stereocenters. The number of nitrogens with two attached hydrogens (primary N) is 1. The van der Waals surface area contributed by atoms with Gasteiger partial charge in [-0.3, -0.25) is 4.79 Å². The zero-order valence-electron chi connectivity index (χ0n) is 15.9. The smallest absolute Gasteiger partial charge is 0.258 e. The van der Waals surface area contributed by atoms with Crippen LogP contribution in [0.15, 0.2) is 77.4 Å². The van der Waals surface area contributed by atoms with E-state index in [2.05, 4.69) is 12.6 Å². The third-order valence-corrected chi connectivity index (χ3v) is 5.05. The number of hydrogen-bond acceptors (Lipinski definition) is 5. The van der Waals surface area contributed by atoms with Gasteiger partial charge in [-0.2, -0.15) is 5.26 Å². The van der Waals surface area contributed by atoms with E-state index in [0.29, 0.717) is 23.7 Å². The average Bonchev–Trinajstić information content (AvgIpc) is 2.75. The third kappa shape index (κ3) is 2.93. The zero-order valence-corrected chi connectivity index (χ0v) is 15.9. The number of para-hydroxylation sites is 1. The molecule has 0 radical (unpaired) electrons. The molecular formula is C23H19N3O3. The summed E-state index contributed by atoms with van der Waals surface area (Å²) in [5.74, 6) is 0.455. The van der Waals surface area contributed by atoms with Gasteiger partial charge in [0.25, 0.3) is 5.56 Å². The van der Waals surface area contributed by atoms with Gasteiger partial charge in [0.15, 0.2) is 0 Å². The van der Waals surface area contributed by atoms with Gasteiger partial charge in [0.05, 0.1) is 17.0 Å². The predicted molar refractivity (Wildman–Crippen MR) is 111 cm³/mol. The molecule has 0 fully saturated rings. The van der Waals surface area contributed by atoms with Crippen molar-refractivity contribution in [3.05, 3.63) is 94.1 Å². The zero-order chi connectivity index (χ0) is 20.5. The first kappa shape index (κ1) is 18.4. The van der Waals surface area contributed by atoms with E-state index in [0.717, 1.165) is 16.5 Å². The summed E-state index contributed by atoms with van der Waals surface area (Å²) in [7, 11) is 1.71. The quantitative estimate of drug-likeness (QED) is 0.696. The first-order valence-electron chi connectivity index (χ1n) is 9.09. The summed E-state index contributed by atoms with van der Waals surface area (Å²) in [4.78, 5) is 13.3. The molecule has 0 aliphatic carbocycles. The van der Waals surface area contributed by atoms with Crippen molar-refractivity contribution in [1.29, 1.82) is 5.26 Å². The van der Waals surface area contributed by atoms with Crippen LogP contribution in [0.3, 0.4) is 0 Å². The molecule has 3 aromatic rings. The fourth-order valence-corrected chi connectivity index (χ4v) is 3.67. The second-order valence-corrected chi connectivity index (χ2v) is 6.72. The second kappa shape index (κ2) is 7.21. The summed E-state index contributed by atoms with van der Waals surface area (Å²) in [6, 6.07) is 16.8. The molecule has 6 nitrogen and oxygen atoms in total. The van der Waals surface area contributed by atoms with Crippen molar-refractivity contribution < 1.29 is 9.47 Å². The van der Waals surface area contributed by atoms with E-state index in [1.54, 1.807) is 29.8 Å². The maximum atomic E-state index is 13.3. The number of ether oxygens (including phenoxy) is 2. The molecule has 0 saturated carbocycles. The Kier molecular flexibility index (Phi) is 4.57. The molecule has 29 heavy (non-hydrogen) atoms. The first-order valence-corrected chi connectivity index (χ1v) is 9.09. The van der Waals surface area contributed by atoms with Crippen molar-refractivity contribution in [3.8, 4) is 17.6 Å². The van der Waals surface area contributed by atoms with Crippen LogP contribution in [0.1, 0.15) is 17.0 Å². The molecule has 144 valence electrons. The highest BCUT2D eigenvalue weighted by molar-refractivity contribution is 5.88. The Labute approximate surface area is 167 Å². The van der Waals surface area contributed by atoms with Crippen LogP contribution in [0.2, 0.25) is 0 Å². The molecule has 1 atom stereocenters. The first-order chi connectivity index (χ1) is 14.1. The molecule has 1 aliphatic rings. The van der Waals surface area contributed by atoms with Gasteiger partial charge in [-0.15, -0.1) is 0 Å². The number of benzene rings is 2. The molecule has 2 heterocycles. The lowest BCUT2D eigenvalue weighted by atomic mass is 9.83. The maximum absolute atomic E-state index is 13.3. The highest BCUT2D eigenvalue weighted by Crippen LogP contribution is 2.43. The summed E-state index contributed by atoms with van der Waals surface area (Å²) in [6.07, 6.45) is 1.66. The minimum absolute atomic E-state index is 0.00962. The van der Waals surface area contributed by atoms with Crippen LogP contribution in [0.4, 0.5) is 0 Å². The molecule has 0 bridgehead atoms. The van der Waals surface area contributed by atoms with E-state index in [-0.39, 0.29) is 17.0 Å². The van der Waals surface area contributed by atoms with Gasteiger partial charge >= 0.3 is 0 Å². The summed E-state index contributed by atoms with van der Waals surface area (Å²) < 4.78 is 12.9. The summed E-state index contributed by atoms with van der Waals surface area (Å²) in [6.45, 7) is 4.02. The van der Waals surface area contributed by atoms with Gasteiger partial charge in [-0.25, -0.2) is 0 Å². The monoisotopic (exact) mass is 385 g/mol. The molecule has 1 aromatic heterocycles. The van der Waals surface area contributed by atoms with Crippen LogP contribution in [-0.2, 0) is 7.05 Å². The number of rotatable bonds is 4. The van der Waals surface area contributed by atoms with Crippen molar-refractivity contribution in [2.75, 3.05) is 6.61 Å². The highest BCUT2D eigenvalue weighted by atomic mass is 16.5. The summed E-state index contributed by atoms with van der Waals surface area (Å²) in [5.41, 5.74) is 7.97. The normalized spacial score (nSPS) is 15.4. The number of allylic oxidation sites excluding steroid dienone is 1. The Balaban J connectivity index is 1.96. The SMILES string of the molecule is C=CCOc1ccc([C@@H]2C(C#N)=C(N)Oc3c2c(=O)n(C)c2ccccc32)cc1. The standard InChI is InChI=1S/C23H19N3O3/c1-3-12-28-15-10-8-14(9-11-15)19-17(13-24)22(25)29-21-16-6-4-5-7-18(16)26(2)23(27)20(19)21/h3-11,19H,1,12,25H2,2H3/t19-/m1/s1. The van der Waals surface area contributed by atoms with E-state index < -0.39 is 5.92 Å². The van der Waals surface area contributed by atoms with Gasteiger partial charge in [0.2, 0.25) is 5.88 Å². The number of hydrogen-bond donors (Lipinski definition) is 1. The Morgan fingerprint density at radius 2 is 2.00 bits per heavy atom. The largest absolute Gasteiger partial charge is 0.490 e. The Morgan fingerprint density at radius 3 is 2.69 bits per heavy atom. The fourth-order valence-electron chi connectivity index (χ4n) is 3.67. The van der Waals surface area contributed by atoms with Gasteiger partial charge < -0.3 is 19.8 Å². The van der Waals surface area contributed by atoms with Crippen LogP contribution in [0, 0.1) is 11.3 Å². The van der Waals surface area contributed by atoms with E-state index in [1.165, 1.54) is 0 Å². The molecule has 2 N–H and O–H groups in total. The fraction of sp³-hybridized carbons (Fsp3) is 0.130. The lowest BCUT2D eigenvalue weighted by Crippen LogP contribution is -2.31. The minimum atomic E-state index is -0.625. The minimum Gasteiger partial charge on any atom is -0.490 e. The number of pyridine rings is 1. The van der Waals surface area contributed by atoms with Crippen LogP contribution < -0.4 is 20.8 Å². The van der Waals surface area contributed by atoms with Gasteiger partial charge in [-0.05, 0) is 29.8 Å². The molecule has 0 saturated heterocycles. The van der Waals surface area contributed by atoms with E-state index in [1.807, 2.05) is 36.4 Å². The number of fused-ring (bicyclic) bond motifs is 3. The topological polar surface area (TPSA) is 90.3 Å².